The van der Waals surface area contributed by atoms with Crippen LogP contribution in [0.4, 0.5) is 4.79 Å². The molecule has 4 aromatic rings. The average molecular weight is 921 g/mol. The van der Waals surface area contributed by atoms with Gasteiger partial charge in [0.2, 0.25) is 5.91 Å². The molecule has 1 aliphatic carbocycles. The Balaban J connectivity index is 1.14. The molecular weight excluding hydrogens is 857 g/mol. The van der Waals surface area contributed by atoms with E-state index < -0.39 is 41.3 Å². The molecule has 1 saturated carbocycles. The number of thiazole rings is 1. The zero-order chi connectivity index (χ0) is 47.2. The molecule has 4 amide bonds. The SMILES string of the molecule is C=CC(=O)C1CC[C@@H]2[C@H]1CN2C(=O)N(C)[C@H](C(=O)N[C@H]1Cc2nc(cs2)-c2ccc3c(c2)c(c(-c2cccnc2[C@H](C)OC)n3CC)CC(C)(C)COC(=O)[C@@H]2CCCN(N2)C1=O)C(C)C. The Morgan fingerprint density at radius 3 is 2.67 bits per heavy atom. The monoisotopic (exact) mass is 920 g/mol. The number of hydrogen-bond donors (Lipinski definition) is 2. The second kappa shape index (κ2) is 19.0. The van der Waals surface area contributed by atoms with Gasteiger partial charge in [-0.05, 0) is 87.8 Å². The summed E-state index contributed by atoms with van der Waals surface area (Å²) in [5.41, 5.74) is 9.29. The van der Waals surface area contributed by atoms with E-state index in [-0.39, 0.29) is 54.7 Å². The highest BCUT2D eigenvalue weighted by atomic mass is 32.1. The third kappa shape index (κ3) is 8.91. The number of pyridine rings is 1. The highest BCUT2D eigenvalue weighted by Crippen LogP contribution is 2.45. The summed E-state index contributed by atoms with van der Waals surface area (Å²) in [6, 6.07) is 7.31. The second-order valence-corrected chi connectivity index (χ2v) is 20.5. The van der Waals surface area contributed by atoms with E-state index in [9.17, 15) is 24.0 Å². The Kier molecular flexibility index (Phi) is 13.6. The van der Waals surface area contributed by atoms with Crippen LogP contribution in [0.5, 0.6) is 0 Å². The van der Waals surface area contributed by atoms with Gasteiger partial charge in [-0.2, -0.15) is 0 Å². The van der Waals surface area contributed by atoms with Gasteiger partial charge in [0.15, 0.2) is 5.78 Å². The maximum atomic E-state index is 14.7. The van der Waals surface area contributed by atoms with Crippen LogP contribution >= 0.6 is 11.3 Å². The Morgan fingerprint density at radius 2 is 1.94 bits per heavy atom. The van der Waals surface area contributed by atoms with Gasteiger partial charge in [0.1, 0.15) is 18.1 Å². The van der Waals surface area contributed by atoms with Crippen molar-refractivity contribution in [1.29, 1.82) is 0 Å². The van der Waals surface area contributed by atoms with Crippen LogP contribution in [0.2, 0.25) is 0 Å². The molecule has 6 bridgehead atoms. The van der Waals surface area contributed by atoms with E-state index in [0.29, 0.717) is 50.3 Å². The Morgan fingerprint density at radius 1 is 1.15 bits per heavy atom. The van der Waals surface area contributed by atoms with Gasteiger partial charge >= 0.3 is 12.0 Å². The summed E-state index contributed by atoms with van der Waals surface area (Å²) in [7, 11) is 3.31. The molecule has 7 atom stereocenters. The fourth-order valence-corrected chi connectivity index (χ4v) is 11.6. The number of carbonyl (C=O) groups is 5. The van der Waals surface area contributed by atoms with E-state index in [1.165, 1.54) is 27.3 Å². The van der Waals surface area contributed by atoms with Gasteiger partial charge in [-0.25, -0.2) is 15.2 Å². The largest absolute Gasteiger partial charge is 0.464 e. The maximum absolute atomic E-state index is 14.7. The highest BCUT2D eigenvalue weighted by molar-refractivity contribution is 7.10. The van der Waals surface area contributed by atoms with Crippen molar-refractivity contribution in [2.75, 3.05) is 33.9 Å². The Bertz CT molecular complexity index is 2530. The van der Waals surface area contributed by atoms with Gasteiger partial charge in [0.05, 0.1) is 34.8 Å². The quantitative estimate of drug-likeness (QED) is 0.128. The number of benzene rings is 1. The molecule has 2 N–H and O–H groups in total. The first-order valence-corrected chi connectivity index (χ1v) is 24.3. The number of nitrogens with one attached hydrogen (secondary N) is 2. The number of allylic oxidation sites excluding steroid dienone is 1. The third-order valence-electron chi connectivity index (χ3n) is 14.2. The van der Waals surface area contributed by atoms with Crippen LogP contribution in [0.3, 0.4) is 0 Å². The molecule has 15 nitrogen and oxygen atoms in total. The van der Waals surface area contributed by atoms with Crippen molar-refractivity contribution in [3.63, 3.8) is 0 Å². The van der Waals surface area contributed by atoms with Crippen LogP contribution < -0.4 is 10.7 Å². The lowest BCUT2D eigenvalue weighted by Gasteiger charge is -2.48. The number of carbonyl (C=O) groups excluding carboxylic acids is 5. The van der Waals surface area contributed by atoms with Crippen molar-refractivity contribution >= 4 is 51.8 Å². The minimum absolute atomic E-state index is 0.0130. The number of aromatic nitrogens is 3. The molecule has 1 unspecified atom stereocenters. The molecule has 0 radical (unpaired) electrons. The number of hydrogen-bond acceptors (Lipinski definition) is 11. The zero-order valence-electron chi connectivity index (χ0n) is 39.5. The summed E-state index contributed by atoms with van der Waals surface area (Å²) in [5.74, 6) is -1.68. The second-order valence-electron chi connectivity index (χ2n) is 19.5. The normalized spacial score (nSPS) is 23.9. The molecule has 3 aromatic heterocycles. The van der Waals surface area contributed by atoms with Crippen molar-refractivity contribution in [2.45, 2.75) is 117 Å². The van der Waals surface area contributed by atoms with E-state index in [2.05, 4.69) is 66.9 Å². The Hall–Kier alpha value is -5.45. The van der Waals surface area contributed by atoms with Crippen molar-refractivity contribution in [2.24, 2.45) is 23.2 Å². The van der Waals surface area contributed by atoms with Crippen LogP contribution in [-0.2, 0) is 48.0 Å². The van der Waals surface area contributed by atoms with E-state index in [1.807, 2.05) is 32.2 Å². The fraction of sp³-hybridized carbons (Fsp3) is 0.540. The number of hydrazine groups is 1. The predicted octanol–water partition coefficient (Wildman–Crippen LogP) is 6.74. The first-order valence-electron chi connectivity index (χ1n) is 23.4. The van der Waals surface area contributed by atoms with Crippen LogP contribution in [-0.4, -0.2) is 117 Å². The molecule has 0 spiro atoms. The molecule has 2 saturated heterocycles. The number of ether oxygens (including phenoxy) is 2. The average Bonchev–Trinajstić information content (AvgIpc) is 3.99. The van der Waals surface area contributed by atoms with Gasteiger partial charge < -0.3 is 29.2 Å². The fourth-order valence-electron chi connectivity index (χ4n) is 10.7. The van der Waals surface area contributed by atoms with Gasteiger partial charge in [-0.3, -0.25) is 29.2 Å². The van der Waals surface area contributed by atoms with Gasteiger partial charge in [0, 0.05) is 97.1 Å². The van der Waals surface area contributed by atoms with Crippen LogP contribution in [0.1, 0.15) is 89.6 Å². The summed E-state index contributed by atoms with van der Waals surface area (Å²) in [6.45, 7) is 17.3. The summed E-state index contributed by atoms with van der Waals surface area (Å²) in [5, 5.41) is 8.14. The van der Waals surface area contributed by atoms with Gasteiger partial charge in [-0.15, -0.1) is 11.3 Å². The first-order chi connectivity index (χ1) is 31.5. The van der Waals surface area contributed by atoms with E-state index in [0.717, 1.165) is 51.1 Å². The predicted molar refractivity (Wildman–Crippen MR) is 253 cm³/mol. The number of nitrogens with zero attached hydrogens (tertiary/aromatic N) is 6. The molecule has 4 aliphatic rings. The molecule has 352 valence electrons. The number of ketones is 1. The Labute approximate surface area is 391 Å². The van der Waals surface area contributed by atoms with Crippen molar-refractivity contribution < 1.29 is 33.4 Å². The molecule has 3 aliphatic heterocycles. The van der Waals surface area contributed by atoms with Gasteiger partial charge in [0.25, 0.3) is 5.91 Å². The highest BCUT2D eigenvalue weighted by Gasteiger charge is 2.53. The molecular formula is C50H64N8O7S. The lowest BCUT2D eigenvalue weighted by atomic mass is 9.83. The lowest BCUT2D eigenvalue weighted by molar-refractivity contribution is -0.155. The van der Waals surface area contributed by atoms with Crippen LogP contribution in [0.25, 0.3) is 33.4 Å². The number of likely N-dealkylation sites (N-methyl/N-ethyl adjacent to an activating group) is 1. The number of amides is 4. The zero-order valence-corrected chi connectivity index (χ0v) is 40.3. The summed E-state index contributed by atoms with van der Waals surface area (Å²) in [6.07, 6.45) is 6.00. The number of aryl methyl sites for hydroxylation is 1. The first kappa shape index (κ1) is 47.1. The summed E-state index contributed by atoms with van der Waals surface area (Å²) >= 11 is 1.41. The lowest BCUT2D eigenvalue weighted by Crippen LogP contribution is -2.65. The molecule has 1 aromatic carbocycles. The van der Waals surface area contributed by atoms with Crippen LogP contribution in [0, 0.1) is 23.2 Å². The number of likely N-dealkylation sites (tertiary alicyclic amines) is 1. The van der Waals surface area contributed by atoms with E-state index in [1.54, 1.807) is 25.3 Å². The number of rotatable bonds is 10. The van der Waals surface area contributed by atoms with Gasteiger partial charge in [-0.1, -0.05) is 40.3 Å². The molecule has 6 heterocycles. The number of methoxy groups -OCH3 is 1. The number of esters is 1. The minimum atomic E-state index is -1.08. The van der Waals surface area contributed by atoms with Crippen molar-refractivity contribution in [3.05, 3.63) is 70.8 Å². The molecule has 3 fully saturated rings. The molecule has 16 heteroatoms. The van der Waals surface area contributed by atoms with Crippen molar-refractivity contribution in [3.8, 4) is 22.5 Å². The molecule has 8 rings (SSSR count). The summed E-state index contributed by atoms with van der Waals surface area (Å²) < 4.78 is 14.2. The van der Waals surface area contributed by atoms with E-state index >= 15 is 0 Å². The number of cyclic esters (lactones) is 1. The van der Waals surface area contributed by atoms with Crippen LogP contribution in [0.15, 0.2) is 54.6 Å². The van der Waals surface area contributed by atoms with Crippen molar-refractivity contribution in [1.82, 2.24) is 40.1 Å². The number of urea groups is 1. The third-order valence-corrected chi connectivity index (χ3v) is 15.0. The standard InChI is InChI=1S/C50H64N8O7S/c1-10-41(59)31-17-19-40-35(31)25-57(40)49(63)55(8)44(28(3)4)46(60)53-37-23-42-52-38(26-66-42)30-16-18-39-33(22-30)34(45(56(39)11-2)32-14-12-20-51-43(32)29(5)64-9)24-50(6,7)27-65-48(62)36-15-13-21-58(54-36)47(37)61/h10,12,14,16,18,20,22,26,28-29,31,35-37,40,44,54H,1,11,13,15,17,19,21,23-25,27H2,2-9H3,(H,53,60)/t29-,31?,35-,36-,37-,40+,44-/m0/s1. The molecule has 66 heavy (non-hydrogen) atoms. The topological polar surface area (TPSA) is 168 Å². The smallest absolute Gasteiger partial charge is 0.324 e. The maximum Gasteiger partial charge on any atom is 0.324 e. The van der Waals surface area contributed by atoms with E-state index in [4.69, 9.17) is 19.4 Å². The number of fused-ring (bicyclic) bond motifs is 7. The summed E-state index contributed by atoms with van der Waals surface area (Å²) in [4.78, 5) is 82.7. The minimum Gasteiger partial charge on any atom is -0.464 e.